The summed E-state index contributed by atoms with van der Waals surface area (Å²) in [7, 11) is 0. The van der Waals surface area contributed by atoms with Gasteiger partial charge < -0.3 is 16.0 Å². The zero-order chi connectivity index (χ0) is 23.3. The van der Waals surface area contributed by atoms with Gasteiger partial charge in [0.15, 0.2) is 0 Å². The van der Waals surface area contributed by atoms with Gasteiger partial charge in [-0.05, 0) is 36.6 Å². The molecule has 1 saturated heterocycles. The highest BCUT2D eigenvalue weighted by Gasteiger charge is 2.54. The Morgan fingerprint density at radius 3 is 2.59 bits per heavy atom. The number of primary amides is 1. The van der Waals surface area contributed by atoms with E-state index in [-0.39, 0.29) is 42.5 Å². The molecule has 1 aliphatic heterocycles. The Hall–Kier alpha value is -3.24. The van der Waals surface area contributed by atoms with E-state index in [0.29, 0.717) is 18.7 Å². The largest absolute Gasteiger partial charge is 0.417 e. The van der Waals surface area contributed by atoms with E-state index in [0.717, 1.165) is 0 Å². The second-order valence-corrected chi connectivity index (χ2v) is 8.06. The van der Waals surface area contributed by atoms with Crippen LogP contribution in [0.5, 0.6) is 0 Å². The van der Waals surface area contributed by atoms with Crippen LogP contribution in [0, 0.1) is 11.8 Å². The zero-order valence-corrected chi connectivity index (χ0v) is 16.6. The summed E-state index contributed by atoms with van der Waals surface area (Å²) in [4.78, 5) is 29.5. The molecule has 4 rings (SSSR count). The molecule has 6 nitrogen and oxygen atoms in total. The molecule has 1 saturated carbocycles. The number of carbonyl (C=O) groups excluding carboxylic acids is 2. The number of nitrogens with one attached hydrogen (secondary N) is 1. The summed E-state index contributed by atoms with van der Waals surface area (Å²) in [5.74, 6) is -5.86. The number of alkyl halides is 5. The normalized spacial score (nSPS) is 22.0. The third-order valence-corrected chi connectivity index (χ3v) is 5.98. The number of rotatable bonds is 4. The minimum absolute atomic E-state index is 0.0910. The number of nitrogens with zero attached hydrogens (tertiary/aromatic N) is 2. The molecule has 2 heterocycles. The second kappa shape index (κ2) is 7.72. The first-order chi connectivity index (χ1) is 15.0. The highest BCUT2D eigenvalue weighted by Crippen LogP contribution is 2.49. The van der Waals surface area contributed by atoms with Crippen molar-refractivity contribution in [2.24, 2.45) is 17.6 Å². The molecule has 2 aliphatic rings. The highest BCUT2D eigenvalue weighted by atomic mass is 19.4. The number of hydrogen-bond donors (Lipinski definition) is 2. The van der Waals surface area contributed by atoms with Gasteiger partial charge in [0.2, 0.25) is 5.91 Å². The number of hydrogen-bond acceptors (Lipinski definition) is 4. The van der Waals surface area contributed by atoms with E-state index >= 15 is 0 Å². The molecule has 2 fully saturated rings. The van der Waals surface area contributed by atoms with Gasteiger partial charge in [-0.3, -0.25) is 9.59 Å². The first-order valence-corrected chi connectivity index (χ1v) is 9.87. The number of aromatic nitrogens is 1. The van der Waals surface area contributed by atoms with Crippen LogP contribution in [0.1, 0.15) is 39.1 Å². The molecule has 2 atom stereocenters. The molecular weight excluding hydrogens is 435 g/mol. The van der Waals surface area contributed by atoms with E-state index in [1.54, 1.807) is 0 Å². The molecule has 11 heteroatoms. The van der Waals surface area contributed by atoms with Crippen molar-refractivity contribution in [2.45, 2.75) is 24.9 Å². The molecule has 0 bridgehead atoms. The van der Waals surface area contributed by atoms with Crippen LogP contribution in [0.15, 0.2) is 36.5 Å². The Morgan fingerprint density at radius 2 is 1.94 bits per heavy atom. The van der Waals surface area contributed by atoms with Crippen LogP contribution < -0.4 is 16.0 Å². The molecular formula is C21H19F5N4O2. The van der Waals surface area contributed by atoms with Gasteiger partial charge in [0.1, 0.15) is 5.82 Å². The predicted octanol–water partition coefficient (Wildman–Crippen LogP) is 3.93. The lowest BCUT2D eigenvalue weighted by molar-refractivity contribution is -0.137. The van der Waals surface area contributed by atoms with Crippen molar-refractivity contribution in [3.63, 3.8) is 0 Å². The lowest BCUT2D eigenvalue weighted by atomic mass is 9.99. The smallest absolute Gasteiger partial charge is 0.366 e. The van der Waals surface area contributed by atoms with Crippen molar-refractivity contribution in [1.82, 2.24) is 4.98 Å². The molecule has 32 heavy (non-hydrogen) atoms. The summed E-state index contributed by atoms with van der Waals surface area (Å²) < 4.78 is 68.1. The van der Waals surface area contributed by atoms with Crippen molar-refractivity contribution < 1.29 is 31.5 Å². The average molecular weight is 454 g/mol. The molecule has 170 valence electrons. The van der Waals surface area contributed by atoms with Gasteiger partial charge in [0.25, 0.3) is 11.8 Å². The molecule has 0 radical (unpaired) electrons. The first kappa shape index (κ1) is 22.0. The predicted molar refractivity (Wildman–Crippen MR) is 106 cm³/mol. The third-order valence-electron chi connectivity index (χ3n) is 5.98. The summed E-state index contributed by atoms with van der Waals surface area (Å²) in [5.41, 5.74) is 3.91. The van der Waals surface area contributed by atoms with Crippen molar-refractivity contribution in [3.05, 3.63) is 53.2 Å². The molecule has 1 aromatic carbocycles. The fourth-order valence-corrected chi connectivity index (χ4v) is 4.36. The molecule has 0 spiro atoms. The van der Waals surface area contributed by atoms with Gasteiger partial charge in [0.05, 0.1) is 11.1 Å². The number of carbonyl (C=O) groups is 2. The van der Waals surface area contributed by atoms with Gasteiger partial charge in [-0.15, -0.1) is 0 Å². The Labute approximate surface area is 179 Å². The number of benzene rings is 1. The van der Waals surface area contributed by atoms with Crippen LogP contribution in [-0.2, 0) is 6.18 Å². The van der Waals surface area contributed by atoms with Crippen molar-refractivity contribution >= 4 is 23.3 Å². The van der Waals surface area contributed by atoms with Crippen LogP contribution in [0.4, 0.5) is 33.5 Å². The van der Waals surface area contributed by atoms with E-state index in [4.69, 9.17) is 5.73 Å². The molecule has 2 amide bonds. The topological polar surface area (TPSA) is 88.3 Å². The Balaban J connectivity index is 1.67. The van der Waals surface area contributed by atoms with E-state index in [9.17, 15) is 31.5 Å². The fourth-order valence-electron chi connectivity index (χ4n) is 4.36. The van der Waals surface area contributed by atoms with E-state index < -0.39 is 41.0 Å². The molecule has 1 aromatic heterocycles. The van der Waals surface area contributed by atoms with E-state index in [1.807, 2.05) is 0 Å². The summed E-state index contributed by atoms with van der Waals surface area (Å²) in [6.07, 6.45) is -4.08. The number of amides is 2. The maximum absolute atomic E-state index is 14.1. The maximum Gasteiger partial charge on any atom is 0.417 e. The monoisotopic (exact) mass is 454 g/mol. The summed E-state index contributed by atoms with van der Waals surface area (Å²) >= 11 is 0. The van der Waals surface area contributed by atoms with Gasteiger partial charge in [-0.25, -0.2) is 13.8 Å². The quantitative estimate of drug-likeness (QED) is 0.686. The van der Waals surface area contributed by atoms with Gasteiger partial charge in [0, 0.05) is 42.9 Å². The first-order valence-electron chi connectivity index (χ1n) is 9.87. The SMILES string of the molecule is NC(=O)c1cccc(NC(=O)c2cc(C(F)(F)F)cnc2N2CC3CCC(F)(F)C3C2)c1. The summed E-state index contributed by atoms with van der Waals surface area (Å²) in [6, 6.07) is 6.23. The summed E-state index contributed by atoms with van der Waals surface area (Å²) in [5, 5.41) is 2.43. The standard InChI is InChI=1S/C21H19F5N4O2/c22-20(23)5-4-12-9-30(10-16(12)20)18-15(7-13(8-28-18)21(24,25)26)19(32)29-14-3-1-2-11(6-14)17(27)31/h1-3,6-8,12,16H,4-5,9-10H2,(H2,27,31)(H,29,32). The number of pyridine rings is 1. The minimum atomic E-state index is -4.75. The highest BCUT2D eigenvalue weighted by molar-refractivity contribution is 6.08. The van der Waals surface area contributed by atoms with Crippen molar-refractivity contribution in [2.75, 3.05) is 23.3 Å². The second-order valence-electron chi connectivity index (χ2n) is 8.06. The zero-order valence-electron chi connectivity index (χ0n) is 16.6. The van der Waals surface area contributed by atoms with Crippen LogP contribution in [0.3, 0.4) is 0 Å². The maximum atomic E-state index is 14.1. The van der Waals surface area contributed by atoms with Crippen LogP contribution in [0.25, 0.3) is 0 Å². The molecule has 2 unspecified atom stereocenters. The Morgan fingerprint density at radius 1 is 1.19 bits per heavy atom. The number of fused-ring (bicyclic) bond motifs is 1. The average Bonchev–Trinajstić information content (AvgIpc) is 3.27. The summed E-state index contributed by atoms with van der Waals surface area (Å²) in [6.45, 7) is 0.0729. The van der Waals surface area contributed by atoms with Crippen LogP contribution in [-0.4, -0.2) is 35.8 Å². The lowest BCUT2D eigenvalue weighted by Crippen LogP contribution is -2.31. The number of nitrogens with two attached hydrogens (primary N) is 1. The molecule has 1 aliphatic carbocycles. The van der Waals surface area contributed by atoms with Crippen molar-refractivity contribution in [1.29, 1.82) is 0 Å². The fraction of sp³-hybridized carbons (Fsp3) is 0.381. The molecule has 3 N–H and O–H groups in total. The number of halogens is 5. The van der Waals surface area contributed by atoms with E-state index in [2.05, 4.69) is 10.3 Å². The van der Waals surface area contributed by atoms with Crippen molar-refractivity contribution in [3.8, 4) is 0 Å². The number of anilines is 2. The van der Waals surface area contributed by atoms with Crippen LogP contribution in [0.2, 0.25) is 0 Å². The van der Waals surface area contributed by atoms with Gasteiger partial charge >= 0.3 is 6.18 Å². The van der Waals surface area contributed by atoms with E-state index in [1.165, 1.54) is 29.2 Å². The molecule has 2 aromatic rings. The Kier molecular flexibility index (Phi) is 5.30. The third kappa shape index (κ3) is 4.11. The van der Waals surface area contributed by atoms with Crippen LogP contribution >= 0.6 is 0 Å². The minimum Gasteiger partial charge on any atom is -0.366 e. The lowest BCUT2D eigenvalue weighted by Gasteiger charge is -2.23. The van der Waals surface area contributed by atoms with Gasteiger partial charge in [-0.1, -0.05) is 6.07 Å². The Bertz CT molecular complexity index is 1070. The van der Waals surface area contributed by atoms with Gasteiger partial charge in [-0.2, -0.15) is 13.2 Å².